The summed E-state index contributed by atoms with van der Waals surface area (Å²) >= 11 is 0. The Labute approximate surface area is 191 Å². The number of aryl methyl sites for hydroxylation is 1. The summed E-state index contributed by atoms with van der Waals surface area (Å²) in [6.45, 7) is 6.25. The first-order chi connectivity index (χ1) is 15.6. The van der Waals surface area contributed by atoms with E-state index >= 15 is 0 Å². The molecule has 0 radical (unpaired) electrons. The van der Waals surface area contributed by atoms with E-state index in [4.69, 9.17) is 0 Å². The van der Waals surface area contributed by atoms with E-state index in [0.29, 0.717) is 41.3 Å². The quantitative estimate of drug-likeness (QED) is 0.606. The van der Waals surface area contributed by atoms with Crippen LogP contribution in [0.5, 0.6) is 0 Å². The Morgan fingerprint density at radius 2 is 1.91 bits per heavy atom. The molecular formula is C24H28F2N4O3. The van der Waals surface area contributed by atoms with Gasteiger partial charge < -0.3 is 20.6 Å². The minimum atomic E-state index is -1.13. The SMILES string of the molecule is Cc1cnc(C(=O)N[C@@H](C)C2CC2)c(N2CCC(C)(NC(=O)O)C2)c1-c1cc(F)cc(F)c1. The van der Waals surface area contributed by atoms with Gasteiger partial charge in [0, 0.05) is 37.0 Å². The molecule has 1 unspecified atom stereocenters. The first-order valence-electron chi connectivity index (χ1n) is 11.1. The summed E-state index contributed by atoms with van der Waals surface area (Å²) in [6, 6.07) is 3.25. The average Bonchev–Trinajstić information content (AvgIpc) is 3.49. The summed E-state index contributed by atoms with van der Waals surface area (Å²) in [7, 11) is 0. The zero-order valence-corrected chi connectivity index (χ0v) is 18.9. The van der Waals surface area contributed by atoms with Gasteiger partial charge in [0.15, 0.2) is 5.69 Å². The van der Waals surface area contributed by atoms with Gasteiger partial charge in [-0.15, -0.1) is 0 Å². The van der Waals surface area contributed by atoms with Crippen molar-refractivity contribution in [3.05, 3.63) is 47.3 Å². The van der Waals surface area contributed by atoms with E-state index in [1.54, 1.807) is 13.8 Å². The Morgan fingerprint density at radius 3 is 2.52 bits per heavy atom. The highest BCUT2D eigenvalue weighted by molar-refractivity contribution is 6.02. The second kappa shape index (κ2) is 8.61. The van der Waals surface area contributed by atoms with Crippen LogP contribution in [-0.4, -0.2) is 46.8 Å². The summed E-state index contributed by atoms with van der Waals surface area (Å²) < 4.78 is 28.2. The van der Waals surface area contributed by atoms with Gasteiger partial charge in [0.1, 0.15) is 11.6 Å². The lowest BCUT2D eigenvalue weighted by atomic mass is 9.97. The Balaban J connectivity index is 1.82. The molecule has 1 aromatic heterocycles. The minimum Gasteiger partial charge on any atom is -0.465 e. The Hall–Kier alpha value is -3.23. The van der Waals surface area contributed by atoms with Gasteiger partial charge in [0.25, 0.3) is 5.91 Å². The van der Waals surface area contributed by atoms with Crippen LogP contribution in [0.4, 0.5) is 19.3 Å². The fourth-order valence-corrected chi connectivity index (χ4v) is 4.63. The molecule has 2 aromatic rings. The van der Waals surface area contributed by atoms with Gasteiger partial charge in [0.05, 0.1) is 11.2 Å². The molecule has 1 saturated carbocycles. The van der Waals surface area contributed by atoms with Crippen molar-refractivity contribution >= 4 is 17.7 Å². The van der Waals surface area contributed by atoms with Gasteiger partial charge in [0.2, 0.25) is 0 Å². The van der Waals surface area contributed by atoms with Gasteiger partial charge in [-0.25, -0.2) is 18.6 Å². The summed E-state index contributed by atoms with van der Waals surface area (Å²) in [5, 5.41) is 14.8. The molecule has 9 heteroatoms. The van der Waals surface area contributed by atoms with Crippen molar-refractivity contribution in [2.75, 3.05) is 18.0 Å². The number of carboxylic acid groups (broad SMARTS) is 1. The van der Waals surface area contributed by atoms with E-state index in [1.807, 2.05) is 11.8 Å². The number of carbonyl (C=O) groups is 2. The van der Waals surface area contributed by atoms with Crippen molar-refractivity contribution in [2.24, 2.45) is 5.92 Å². The predicted octanol–water partition coefficient (Wildman–Crippen LogP) is 4.10. The third-order valence-electron chi connectivity index (χ3n) is 6.50. The number of nitrogens with zero attached hydrogens (tertiary/aromatic N) is 2. The van der Waals surface area contributed by atoms with Gasteiger partial charge in [-0.2, -0.15) is 0 Å². The lowest BCUT2D eigenvalue weighted by Gasteiger charge is -2.29. The van der Waals surface area contributed by atoms with Crippen molar-refractivity contribution < 1.29 is 23.5 Å². The highest BCUT2D eigenvalue weighted by atomic mass is 19.1. The highest BCUT2D eigenvalue weighted by Gasteiger charge is 2.39. The normalized spacial score (nSPS) is 21.1. The molecule has 0 spiro atoms. The molecular weight excluding hydrogens is 430 g/mol. The maximum Gasteiger partial charge on any atom is 0.405 e. The number of anilines is 1. The standard InChI is InChI=1S/C24H28F2N4O3/c1-13-11-27-20(22(31)28-14(2)15-4-5-15)21(19(13)16-8-17(25)10-18(26)9-16)30-7-6-24(3,12-30)29-23(32)33/h8-11,14-15,29H,4-7,12H2,1-3H3,(H,28,31)(H,32,33)/t14-,24?/m0/s1. The zero-order chi connectivity index (χ0) is 23.9. The Kier molecular flexibility index (Phi) is 5.99. The van der Waals surface area contributed by atoms with Crippen molar-refractivity contribution in [3.63, 3.8) is 0 Å². The number of rotatable bonds is 6. The molecule has 4 rings (SSSR count). The summed E-state index contributed by atoms with van der Waals surface area (Å²) in [4.78, 5) is 30.9. The molecule has 2 amide bonds. The van der Waals surface area contributed by atoms with E-state index < -0.39 is 23.3 Å². The molecule has 7 nitrogen and oxygen atoms in total. The molecule has 3 N–H and O–H groups in total. The second-order valence-corrected chi connectivity index (χ2v) is 9.43. The molecule has 1 aromatic carbocycles. The maximum atomic E-state index is 14.1. The molecule has 0 bridgehead atoms. The van der Waals surface area contributed by atoms with E-state index in [-0.39, 0.29) is 24.2 Å². The number of pyridine rings is 1. The number of halogens is 2. The number of hydrogen-bond donors (Lipinski definition) is 3. The van der Waals surface area contributed by atoms with Gasteiger partial charge in [-0.05, 0) is 69.2 Å². The van der Waals surface area contributed by atoms with E-state index in [2.05, 4.69) is 15.6 Å². The number of nitrogens with one attached hydrogen (secondary N) is 2. The number of benzene rings is 1. The molecule has 2 aliphatic rings. The van der Waals surface area contributed by atoms with Crippen molar-refractivity contribution in [2.45, 2.75) is 51.6 Å². The topological polar surface area (TPSA) is 94.6 Å². The first-order valence-corrected chi connectivity index (χ1v) is 11.1. The Bertz CT molecular complexity index is 1090. The summed E-state index contributed by atoms with van der Waals surface area (Å²) in [6.07, 6.45) is 3.03. The van der Waals surface area contributed by atoms with Crippen LogP contribution in [0.25, 0.3) is 11.1 Å². The fourth-order valence-electron chi connectivity index (χ4n) is 4.63. The summed E-state index contributed by atoms with van der Waals surface area (Å²) in [5.41, 5.74) is 1.33. The largest absolute Gasteiger partial charge is 0.465 e. The number of hydrogen-bond acceptors (Lipinski definition) is 4. The molecule has 2 heterocycles. The van der Waals surface area contributed by atoms with Crippen LogP contribution in [0.3, 0.4) is 0 Å². The van der Waals surface area contributed by atoms with Crippen molar-refractivity contribution in [1.29, 1.82) is 0 Å². The third kappa shape index (κ3) is 4.91. The number of aromatic nitrogens is 1. The first kappa shape index (κ1) is 22.9. The van der Waals surface area contributed by atoms with Crippen molar-refractivity contribution in [3.8, 4) is 11.1 Å². The third-order valence-corrected chi connectivity index (χ3v) is 6.50. The van der Waals surface area contributed by atoms with Crippen LogP contribution in [0, 0.1) is 24.5 Å². The summed E-state index contributed by atoms with van der Waals surface area (Å²) in [5.74, 6) is -1.37. The van der Waals surface area contributed by atoms with Crippen LogP contribution in [0.2, 0.25) is 0 Å². The highest BCUT2D eigenvalue weighted by Crippen LogP contribution is 2.40. The minimum absolute atomic E-state index is 0.0129. The van der Waals surface area contributed by atoms with Gasteiger partial charge in [-0.3, -0.25) is 4.79 Å². The maximum absolute atomic E-state index is 14.1. The number of amides is 2. The van der Waals surface area contributed by atoms with E-state index in [9.17, 15) is 23.5 Å². The smallest absolute Gasteiger partial charge is 0.405 e. The van der Waals surface area contributed by atoms with Crippen LogP contribution in [-0.2, 0) is 0 Å². The number of carbonyl (C=O) groups excluding carboxylic acids is 1. The Morgan fingerprint density at radius 1 is 1.24 bits per heavy atom. The van der Waals surface area contributed by atoms with Crippen LogP contribution >= 0.6 is 0 Å². The molecule has 1 saturated heterocycles. The second-order valence-electron chi connectivity index (χ2n) is 9.43. The average molecular weight is 459 g/mol. The predicted molar refractivity (Wildman–Crippen MR) is 120 cm³/mol. The molecule has 176 valence electrons. The van der Waals surface area contributed by atoms with E-state index in [1.165, 1.54) is 18.3 Å². The van der Waals surface area contributed by atoms with Crippen LogP contribution in [0.15, 0.2) is 24.4 Å². The molecule has 33 heavy (non-hydrogen) atoms. The molecule has 2 fully saturated rings. The zero-order valence-electron chi connectivity index (χ0n) is 18.9. The van der Waals surface area contributed by atoms with Gasteiger partial charge in [-0.1, -0.05) is 0 Å². The monoisotopic (exact) mass is 458 g/mol. The van der Waals surface area contributed by atoms with Crippen molar-refractivity contribution in [1.82, 2.24) is 15.6 Å². The van der Waals surface area contributed by atoms with Crippen LogP contribution in [0.1, 0.15) is 49.2 Å². The van der Waals surface area contributed by atoms with Gasteiger partial charge >= 0.3 is 6.09 Å². The van der Waals surface area contributed by atoms with Crippen LogP contribution < -0.4 is 15.5 Å². The lowest BCUT2D eigenvalue weighted by molar-refractivity contribution is 0.0931. The molecule has 1 aliphatic carbocycles. The molecule has 1 aliphatic heterocycles. The lowest BCUT2D eigenvalue weighted by Crippen LogP contribution is -2.47. The molecule has 2 atom stereocenters. The fraction of sp³-hybridized carbons (Fsp3) is 0.458. The van der Waals surface area contributed by atoms with E-state index in [0.717, 1.165) is 18.9 Å².